The molecule has 7 nitrogen and oxygen atoms in total. The summed E-state index contributed by atoms with van der Waals surface area (Å²) in [7, 11) is 1.97. The first kappa shape index (κ1) is 22.6. The van der Waals surface area contributed by atoms with Crippen molar-refractivity contribution in [2.75, 3.05) is 6.61 Å². The van der Waals surface area contributed by atoms with Crippen LogP contribution in [0.4, 0.5) is 8.78 Å². The van der Waals surface area contributed by atoms with E-state index in [9.17, 15) is 8.78 Å². The van der Waals surface area contributed by atoms with Crippen LogP contribution in [0.3, 0.4) is 0 Å². The van der Waals surface area contributed by atoms with E-state index in [2.05, 4.69) is 21.0 Å². The van der Waals surface area contributed by atoms with Gasteiger partial charge in [-0.05, 0) is 56.5 Å². The highest BCUT2D eigenvalue weighted by Gasteiger charge is 2.29. The Bertz CT molecular complexity index is 1630. The Kier molecular flexibility index (Phi) is 5.44. The highest BCUT2D eigenvalue weighted by atomic mass is 19.1. The Labute approximate surface area is 206 Å². The summed E-state index contributed by atoms with van der Waals surface area (Å²) in [5.74, 6) is -0.810. The Morgan fingerprint density at radius 2 is 1.81 bits per heavy atom. The van der Waals surface area contributed by atoms with Gasteiger partial charge < -0.3 is 9.30 Å². The Morgan fingerprint density at radius 3 is 2.64 bits per heavy atom. The molecule has 9 heteroatoms. The predicted octanol–water partition coefficient (Wildman–Crippen LogP) is 5.50. The van der Waals surface area contributed by atoms with Gasteiger partial charge in [-0.1, -0.05) is 6.07 Å². The van der Waals surface area contributed by atoms with Crippen molar-refractivity contribution in [2.24, 2.45) is 7.05 Å². The summed E-state index contributed by atoms with van der Waals surface area (Å²) in [6.45, 7) is 4.24. The first-order valence-electron chi connectivity index (χ1n) is 11.9. The molecular weight excluding hydrogens is 462 g/mol. The Hall–Kier alpha value is -3.85. The van der Waals surface area contributed by atoms with Crippen molar-refractivity contribution in [1.29, 1.82) is 0 Å². The molecule has 0 N–H and O–H groups in total. The van der Waals surface area contributed by atoms with Gasteiger partial charge in [0, 0.05) is 31.2 Å². The number of nitrogens with zero attached hydrogens (tertiary/aromatic N) is 6. The number of fused-ring (bicyclic) bond motifs is 2. The number of aryl methyl sites for hydroxylation is 3. The third-order valence-electron chi connectivity index (χ3n) is 6.92. The molecule has 1 aliphatic rings. The molecule has 0 bridgehead atoms. The molecule has 0 radical (unpaired) electrons. The van der Waals surface area contributed by atoms with E-state index in [1.54, 1.807) is 6.33 Å². The van der Waals surface area contributed by atoms with E-state index in [4.69, 9.17) is 14.7 Å². The number of rotatable bonds is 3. The van der Waals surface area contributed by atoms with Gasteiger partial charge in [0.25, 0.3) is 0 Å². The van der Waals surface area contributed by atoms with Gasteiger partial charge in [0.2, 0.25) is 0 Å². The maximum Gasteiger partial charge on any atom is 0.182 e. The molecule has 6 rings (SSSR count). The lowest BCUT2D eigenvalue weighted by molar-refractivity contribution is 0.00408. The molecule has 0 aliphatic carbocycles. The summed E-state index contributed by atoms with van der Waals surface area (Å²) in [5, 5.41) is 0. The van der Waals surface area contributed by atoms with E-state index in [1.807, 2.05) is 37.6 Å². The van der Waals surface area contributed by atoms with Crippen LogP contribution in [0.25, 0.3) is 33.5 Å². The number of hydrogen-bond acceptors (Lipinski definition) is 6. The van der Waals surface area contributed by atoms with Crippen molar-refractivity contribution < 1.29 is 13.5 Å². The molecule has 3 aromatic heterocycles. The average Bonchev–Trinajstić information content (AvgIpc) is 3.24. The van der Waals surface area contributed by atoms with Crippen molar-refractivity contribution in [3.05, 3.63) is 77.1 Å². The second-order valence-electron chi connectivity index (χ2n) is 9.31. The van der Waals surface area contributed by atoms with Crippen LogP contribution in [-0.4, -0.2) is 36.1 Å². The summed E-state index contributed by atoms with van der Waals surface area (Å²) < 4.78 is 36.6. The molecule has 2 atom stereocenters. The summed E-state index contributed by atoms with van der Waals surface area (Å²) in [5.41, 5.74) is 5.78. The molecular formula is C27H24F2N6O. The standard InChI is InChI=1S/C27H24F2N6O/c1-14-15(2)32-27-25(31-14)24(19-6-5-18(28)12-20(19)29)33-26(34-27)17-8-9-36-23(11-17)16-4-7-21-22(10-16)35(3)13-30-21/h4-7,10,12-13,17,23H,8-9,11H2,1-3H3. The van der Waals surface area contributed by atoms with E-state index in [-0.39, 0.29) is 17.6 Å². The lowest BCUT2D eigenvalue weighted by atomic mass is 9.91. The van der Waals surface area contributed by atoms with Gasteiger partial charge in [-0.25, -0.2) is 33.7 Å². The normalized spacial score (nSPS) is 18.2. The van der Waals surface area contributed by atoms with Crippen LogP contribution in [-0.2, 0) is 11.8 Å². The van der Waals surface area contributed by atoms with Gasteiger partial charge in [0.15, 0.2) is 5.65 Å². The first-order valence-corrected chi connectivity index (χ1v) is 11.9. The number of hydrogen-bond donors (Lipinski definition) is 0. The average molecular weight is 487 g/mol. The van der Waals surface area contributed by atoms with Gasteiger partial charge in [-0.15, -0.1) is 0 Å². The summed E-state index contributed by atoms with van der Waals surface area (Å²) in [6, 6.07) is 9.62. The molecule has 0 amide bonds. The molecule has 1 fully saturated rings. The molecule has 36 heavy (non-hydrogen) atoms. The van der Waals surface area contributed by atoms with Crippen LogP contribution in [0.1, 0.15) is 47.6 Å². The number of halogens is 2. The summed E-state index contributed by atoms with van der Waals surface area (Å²) >= 11 is 0. The van der Waals surface area contributed by atoms with E-state index in [1.165, 1.54) is 12.1 Å². The first-order chi connectivity index (χ1) is 17.4. The number of imidazole rings is 1. The SMILES string of the molecule is Cc1nc2nc(C3CCOC(c4ccc5ncn(C)c5c4)C3)nc(-c3ccc(F)cc3F)c2nc1C. The number of aromatic nitrogens is 6. The van der Waals surface area contributed by atoms with E-state index < -0.39 is 11.6 Å². The molecule has 1 saturated heterocycles. The second kappa shape index (κ2) is 8.67. The van der Waals surface area contributed by atoms with Crippen molar-refractivity contribution in [2.45, 2.75) is 38.7 Å². The van der Waals surface area contributed by atoms with Crippen molar-refractivity contribution >= 4 is 22.2 Å². The summed E-state index contributed by atoms with van der Waals surface area (Å²) in [4.78, 5) is 23.2. The van der Waals surface area contributed by atoms with Crippen LogP contribution in [0.15, 0.2) is 42.7 Å². The zero-order valence-corrected chi connectivity index (χ0v) is 20.2. The Balaban J connectivity index is 1.43. The molecule has 2 unspecified atom stereocenters. The van der Waals surface area contributed by atoms with Gasteiger partial charge in [-0.2, -0.15) is 0 Å². The van der Waals surface area contributed by atoms with Crippen LogP contribution < -0.4 is 0 Å². The monoisotopic (exact) mass is 486 g/mol. The van der Waals surface area contributed by atoms with Crippen molar-refractivity contribution in [3.8, 4) is 11.3 Å². The number of benzene rings is 2. The Morgan fingerprint density at radius 1 is 0.972 bits per heavy atom. The van der Waals surface area contributed by atoms with Crippen LogP contribution in [0, 0.1) is 25.5 Å². The minimum absolute atomic E-state index is 0.0268. The molecule has 0 spiro atoms. The summed E-state index contributed by atoms with van der Waals surface area (Å²) in [6.07, 6.45) is 3.04. The third-order valence-corrected chi connectivity index (χ3v) is 6.92. The fourth-order valence-electron chi connectivity index (χ4n) is 4.79. The topological polar surface area (TPSA) is 78.6 Å². The highest BCUT2D eigenvalue weighted by Crippen LogP contribution is 2.38. The van der Waals surface area contributed by atoms with Crippen LogP contribution >= 0.6 is 0 Å². The lowest BCUT2D eigenvalue weighted by Crippen LogP contribution is -2.21. The number of ether oxygens (including phenoxy) is 1. The maximum absolute atomic E-state index is 14.9. The van der Waals surface area contributed by atoms with Crippen LogP contribution in [0.5, 0.6) is 0 Å². The van der Waals surface area contributed by atoms with Gasteiger partial charge in [0.05, 0.1) is 34.9 Å². The van der Waals surface area contributed by atoms with E-state index in [0.717, 1.165) is 34.8 Å². The second-order valence-corrected chi connectivity index (χ2v) is 9.31. The molecule has 182 valence electrons. The van der Waals surface area contributed by atoms with E-state index >= 15 is 0 Å². The lowest BCUT2D eigenvalue weighted by Gasteiger charge is -2.29. The van der Waals surface area contributed by atoms with Gasteiger partial charge >= 0.3 is 0 Å². The third kappa shape index (κ3) is 3.89. The smallest absolute Gasteiger partial charge is 0.182 e. The fourth-order valence-corrected chi connectivity index (χ4v) is 4.79. The van der Waals surface area contributed by atoms with Crippen molar-refractivity contribution in [1.82, 2.24) is 29.5 Å². The molecule has 4 heterocycles. The predicted molar refractivity (Wildman–Crippen MR) is 131 cm³/mol. The van der Waals surface area contributed by atoms with Gasteiger partial charge in [0.1, 0.15) is 28.7 Å². The fraction of sp³-hybridized carbons (Fsp3) is 0.296. The zero-order valence-electron chi connectivity index (χ0n) is 20.2. The van der Waals surface area contributed by atoms with Crippen molar-refractivity contribution in [3.63, 3.8) is 0 Å². The molecule has 2 aromatic carbocycles. The largest absolute Gasteiger partial charge is 0.373 e. The zero-order chi connectivity index (χ0) is 25.0. The molecule has 1 aliphatic heterocycles. The quantitative estimate of drug-likeness (QED) is 0.335. The minimum atomic E-state index is -0.699. The highest BCUT2D eigenvalue weighted by molar-refractivity contribution is 5.87. The molecule has 5 aromatic rings. The molecule has 0 saturated carbocycles. The van der Waals surface area contributed by atoms with Gasteiger partial charge in [-0.3, -0.25) is 0 Å². The maximum atomic E-state index is 14.9. The van der Waals surface area contributed by atoms with Crippen LogP contribution in [0.2, 0.25) is 0 Å². The van der Waals surface area contributed by atoms with E-state index in [0.29, 0.717) is 41.4 Å². The minimum Gasteiger partial charge on any atom is -0.373 e.